The zero-order valence-corrected chi connectivity index (χ0v) is 12.9. The minimum atomic E-state index is -0.154. The molecule has 0 spiro atoms. The van der Waals surface area contributed by atoms with E-state index >= 15 is 0 Å². The molecule has 1 aliphatic rings. The van der Waals surface area contributed by atoms with Gasteiger partial charge < -0.3 is 14.5 Å². The van der Waals surface area contributed by atoms with Gasteiger partial charge in [0.2, 0.25) is 11.8 Å². The highest BCUT2D eigenvalue weighted by molar-refractivity contribution is 9.10. The summed E-state index contributed by atoms with van der Waals surface area (Å²) in [6.45, 7) is 3.80. The van der Waals surface area contributed by atoms with E-state index in [0.29, 0.717) is 32.0 Å². The monoisotopic (exact) mass is 340 g/mol. The van der Waals surface area contributed by atoms with Crippen LogP contribution < -0.4 is 4.90 Å². The van der Waals surface area contributed by atoms with E-state index in [1.165, 1.54) is 11.8 Å². The summed E-state index contributed by atoms with van der Waals surface area (Å²) in [6.07, 6.45) is 0. The summed E-state index contributed by atoms with van der Waals surface area (Å²) in [4.78, 5) is 27.3. The molecular weight excluding hydrogens is 324 g/mol. The van der Waals surface area contributed by atoms with Crippen LogP contribution in [0.4, 0.5) is 5.69 Å². The van der Waals surface area contributed by atoms with Crippen LogP contribution in [0.25, 0.3) is 0 Å². The van der Waals surface area contributed by atoms with Gasteiger partial charge in [0, 0.05) is 24.5 Å². The smallest absolute Gasteiger partial charge is 0.242 e. The van der Waals surface area contributed by atoms with Crippen LogP contribution in [-0.2, 0) is 14.3 Å². The third kappa shape index (κ3) is 3.58. The number of para-hydroxylation sites is 1. The van der Waals surface area contributed by atoms with Gasteiger partial charge in [0.15, 0.2) is 0 Å². The van der Waals surface area contributed by atoms with Crippen molar-refractivity contribution in [2.45, 2.75) is 6.92 Å². The maximum absolute atomic E-state index is 12.3. The van der Waals surface area contributed by atoms with Crippen LogP contribution in [0.5, 0.6) is 0 Å². The number of hydrogen-bond acceptors (Lipinski definition) is 3. The van der Waals surface area contributed by atoms with Gasteiger partial charge in [0.25, 0.3) is 0 Å². The third-order valence-electron chi connectivity index (χ3n) is 3.18. The van der Waals surface area contributed by atoms with Gasteiger partial charge in [0.05, 0.1) is 18.9 Å². The average Bonchev–Trinajstić information content (AvgIpc) is 2.46. The number of hydrogen-bond donors (Lipinski definition) is 0. The zero-order chi connectivity index (χ0) is 14.5. The van der Waals surface area contributed by atoms with E-state index in [2.05, 4.69) is 15.9 Å². The summed E-state index contributed by atoms with van der Waals surface area (Å²) >= 11 is 3.41. The molecule has 0 unspecified atom stereocenters. The summed E-state index contributed by atoms with van der Waals surface area (Å²) in [7, 11) is 0. The first kappa shape index (κ1) is 15.0. The molecule has 2 amide bonds. The number of rotatable bonds is 3. The Morgan fingerprint density at radius 3 is 2.55 bits per heavy atom. The van der Waals surface area contributed by atoms with Gasteiger partial charge in [-0.2, -0.15) is 0 Å². The highest BCUT2D eigenvalue weighted by Gasteiger charge is 2.22. The first-order valence-electron chi connectivity index (χ1n) is 6.47. The summed E-state index contributed by atoms with van der Waals surface area (Å²) in [5.74, 6) is -0.210. The number of carbonyl (C=O) groups is 2. The Balaban J connectivity index is 2.12. The van der Waals surface area contributed by atoms with Crippen LogP contribution in [0.15, 0.2) is 28.7 Å². The molecule has 0 bridgehead atoms. The minimum Gasteiger partial charge on any atom is -0.378 e. The second-order valence-electron chi connectivity index (χ2n) is 4.55. The number of halogens is 1. The van der Waals surface area contributed by atoms with Crippen molar-refractivity contribution < 1.29 is 14.3 Å². The Morgan fingerprint density at radius 1 is 1.30 bits per heavy atom. The van der Waals surface area contributed by atoms with Gasteiger partial charge in [-0.05, 0) is 28.1 Å². The average molecular weight is 341 g/mol. The van der Waals surface area contributed by atoms with Crippen molar-refractivity contribution >= 4 is 33.4 Å². The molecule has 5 nitrogen and oxygen atoms in total. The summed E-state index contributed by atoms with van der Waals surface area (Å²) in [5, 5.41) is 0. The highest BCUT2D eigenvalue weighted by Crippen LogP contribution is 2.25. The SMILES string of the molecule is CC(=O)N(CC(=O)N1CCOCC1)c1ccccc1Br. The number of nitrogens with zero attached hydrogens (tertiary/aromatic N) is 2. The van der Waals surface area contributed by atoms with E-state index in [0.717, 1.165) is 4.47 Å². The summed E-state index contributed by atoms with van der Waals surface area (Å²) in [5.41, 5.74) is 0.710. The van der Waals surface area contributed by atoms with Gasteiger partial charge in [-0.1, -0.05) is 12.1 Å². The Hall–Kier alpha value is -1.40. The maximum atomic E-state index is 12.3. The molecule has 1 fully saturated rings. The van der Waals surface area contributed by atoms with Crippen molar-refractivity contribution in [3.63, 3.8) is 0 Å². The van der Waals surface area contributed by atoms with Crippen molar-refractivity contribution in [3.8, 4) is 0 Å². The van der Waals surface area contributed by atoms with Gasteiger partial charge in [0.1, 0.15) is 6.54 Å². The number of morpholine rings is 1. The van der Waals surface area contributed by atoms with Crippen LogP contribution in [-0.4, -0.2) is 49.6 Å². The summed E-state index contributed by atoms with van der Waals surface area (Å²) in [6, 6.07) is 7.38. The topological polar surface area (TPSA) is 49.9 Å². The largest absolute Gasteiger partial charge is 0.378 e. The van der Waals surface area contributed by atoms with Gasteiger partial charge >= 0.3 is 0 Å². The lowest BCUT2D eigenvalue weighted by atomic mass is 10.2. The predicted octanol–water partition coefficient (Wildman–Crippen LogP) is 1.66. The lowest BCUT2D eigenvalue weighted by Gasteiger charge is -2.30. The van der Waals surface area contributed by atoms with E-state index in [4.69, 9.17) is 4.74 Å². The molecule has 1 aromatic rings. The number of ether oxygens (including phenoxy) is 1. The van der Waals surface area contributed by atoms with E-state index in [9.17, 15) is 9.59 Å². The molecule has 2 rings (SSSR count). The van der Waals surface area contributed by atoms with Crippen LogP contribution in [0, 0.1) is 0 Å². The van der Waals surface area contributed by atoms with Crippen molar-refractivity contribution in [2.75, 3.05) is 37.7 Å². The van der Waals surface area contributed by atoms with Crippen LogP contribution in [0.2, 0.25) is 0 Å². The lowest BCUT2D eigenvalue weighted by Crippen LogP contribution is -2.47. The normalized spacial score (nSPS) is 15.0. The van der Waals surface area contributed by atoms with E-state index < -0.39 is 0 Å². The molecule has 0 radical (unpaired) electrons. The number of benzene rings is 1. The second kappa shape index (κ2) is 6.85. The Bertz CT molecular complexity index is 501. The van der Waals surface area contributed by atoms with Crippen molar-refractivity contribution in [2.24, 2.45) is 0 Å². The molecule has 0 aliphatic carbocycles. The maximum Gasteiger partial charge on any atom is 0.242 e. The van der Waals surface area contributed by atoms with Crippen LogP contribution >= 0.6 is 15.9 Å². The van der Waals surface area contributed by atoms with Crippen LogP contribution in [0.3, 0.4) is 0 Å². The third-order valence-corrected chi connectivity index (χ3v) is 3.85. The molecule has 0 saturated carbocycles. The fourth-order valence-electron chi connectivity index (χ4n) is 2.08. The molecule has 1 aliphatic heterocycles. The number of carbonyl (C=O) groups excluding carboxylic acids is 2. The zero-order valence-electron chi connectivity index (χ0n) is 11.3. The molecule has 20 heavy (non-hydrogen) atoms. The second-order valence-corrected chi connectivity index (χ2v) is 5.40. The Labute approximate surface area is 126 Å². The van der Waals surface area contributed by atoms with Crippen molar-refractivity contribution in [1.82, 2.24) is 4.90 Å². The Morgan fingerprint density at radius 2 is 1.95 bits per heavy atom. The molecule has 1 saturated heterocycles. The molecule has 1 heterocycles. The predicted molar refractivity (Wildman–Crippen MR) is 79.6 cm³/mol. The summed E-state index contributed by atoms with van der Waals surface area (Å²) < 4.78 is 6.02. The quantitative estimate of drug-likeness (QED) is 0.840. The Kier molecular flexibility index (Phi) is 5.14. The fourth-order valence-corrected chi connectivity index (χ4v) is 2.58. The van der Waals surface area contributed by atoms with Crippen molar-refractivity contribution in [3.05, 3.63) is 28.7 Å². The highest BCUT2D eigenvalue weighted by atomic mass is 79.9. The van der Waals surface area contributed by atoms with Gasteiger partial charge in [-0.25, -0.2) is 0 Å². The molecule has 6 heteroatoms. The first-order chi connectivity index (χ1) is 9.59. The van der Waals surface area contributed by atoms with Crippen molar-refractivity contribution in [1.29, 1.82) is 0 Å². The molecule has 1 aromatic carbocycles. The van der Waals surface area contributed by atoms with Crippen LogP contribution in [0.1, 0.15) is 6.92 Å². The molecular formula is C14H17BrN2O3. The fraction of sp³-hybridized carbons (Fsp3) is 0.429. The van der Waals surface area contributed by atoms with E-state index in [1.54, 1.807) is 4.90 Å². The van der Waals surface area contributed by atoms with Gasteiger partial charge in [-0.15, -0.1) is 0 Å². The minimum absolute atomic E-state index is 0.0535. The van der Waals surface area contributed by atoms with E-state index in [-0.39, 0.29) is 18.4 Å². The molecule has 108 valence electrons. The lowest BCUT2D eigenvalue weighted by molar-refractivity contribution is -0.134. The first-order valence-corrected chi connectivity index (χ1v) is 7.27. The molecule has 0 atom stereocenters. The molecule has 0 aromatic heterocycles. The van der Waals surface area contributed by atoms with Gasteiger partial charge in [-0.3, -0.25) is 9.59 Å². The van der Waals surface area contributed by atoms with E-state index in [1.807, 2.05) is 24.3 Å². The number of amides is 2. The molecule has 0 N–H and O–H groups in total. The number of anilines is 1. The standard InChI is InChI=1S/C14H17BrN2O3/c1-11(18)17(13-5-3-2-4-12(13)15)10-14(19)16-6-8-20-9-7-16/h2-5H,6-10H2,1H3.